The molecule has 0 aromatic heterocycles. The molecule has 0 atom stereocenters. The molecular formula is C14H22N2O3. The highest BCUT2D eigenvalue weighted by atomic mass is 16.6. The van der Waals surface area contributed by atoms with Gasteiger partial charge in [0.15, 0.2) is 0 Å². The smallest absolute Gasteiger partial charge is 0.270 e. The van der Waals surface area contributed by atoms with Gasteiger partial charge in [0.2, 0.25) is 0 Å². The number of benzene rings is 1. The summed E-state index contributed by atoms with van der Waals surface area (Å²) in [5, 5.41) is 14.1. The molecule has 1 aromatic rings. The van der Waals surface area contributed by atoms with Gasteiger partial charge in [0.05, 0.1) is 11.0 Å². The van der Waals surface area contributed by atoms with Crippen LogP contribution in [0.2, 0.25) is 0 Å². The standard InChI is InChI=1S/C14H22N2O3/c1-10(2)8-15-9-12-7-13(16(17)18)5-6-14(12)19-11(3)4/h5-7,10-11,15H,8-9H2,1-4H3. The number of nitrogens with zero attached hydrogens (tertiary/aromatic N) is 1. The Bertz CT molecular complexity index is 431. The summed E-state index contributed by atoms with van der Waals surface area (Å²) in [5.74, 6) is 1.24. The van der Waals surface area contributed by atoms with E-state index in [0.29, 0.717) is 18.2 Å². The maximum atomic E-state index is 10.8. The summed E-state index contributed by atoms with van der Waals surface area (Å²) in [5.41, 5.74) is 0.918. The number of nitrogens with one attached hydrogen (secondary N) is 1. The summed E-state index contributed by atoms with van der Waals surface area (Å²) >= 11 is 0. The lowest BCUT2D eigenvalue weighted by Gasteiger charge is -2.15. The van der Waals surface area contributed by atoms with Gasteiger partial charge >= 0.3 is 0 Å². The summed E-state index contributed by atoms with van der Waals surface area (Å²) in [4.78, 5) is 10.4. The molecule has 0 radical (unpaired) electrons. The van der Waals surface area contributed by atoms with Gasteiger partial charge in [-0.1, -0.05) is 13.8 Å². The minimum Gasteiger partial charge on any atom is -0.491 e. The van der Waals surface area contributed by atoms with Crippen LogP contribution >= 0.6 is 0 Å². The molecule has 5 heteroatoms. The van der Waals surface area contributed by atoms with Gasteiger partial charge in [-0.15, -0.1) is 0 Å². The van der Waals surface area contributed by atoms with Crippen molar-refractivity contribution in [2.24, 2.45) is 5.92 Å². The number of ether oxygens (including phenoxy) is 1. The number of rotatable bonds is 7. The SMILES string of the molecule is CC(C)CNCc1cc([N+](=O)[O-])ccc1OC(C)C. The Morgan fingerprint density at radius 1 is 1.32 bits per heavy atom. The molecular weight excluding hydrogens is 244 g/mol. The lowest BCUT2D eigenvalue weighted by molar-refractivity contribution is -0.384. The third kappa shape index (κ3) is 5.26. The van der Waals surface area contributed by atoms with E-state index >= 15 is 0 Å². The summed E-state index contributed by atoms with van der Waals surface area (Å²) in [7, 11) is 0. The zero-order valence-corrected chi connectivity index (χ0v) is 12.0. The Morgan fingerprint density at radius 2 is 2.00 bits per heavy atom. The van der Waals surface area contributed by atoms with E-state index < -0.39 is 0 Å². The first kappa shape index (κ1) is 15.4. The van der Waals surface area contributed by atoms with Crippen molar-refractivity contribution in [1.82, 2.24) is 5.32 Å². The molecule has 0 saturated heterocycles. The number of nitro groups is 1. The molecule has 19 heavy (non-hydrogen) atoms. The van der Waals surface area contributed by atoms with Gasteiger partial charge in [-0.2, -0.15) is 0 Å². The van der Waals surface area contributed by atoms with Gasteiger partial charge in [0.1, 0.15) is 5.75 Å². The molecule has 1 rings (SSSR count). The van der Waals surface area contributed by atoms with Crippen molar-refractivity contribution < 1.29 is 9.66 Å². The first-order valence-electron chi connectivity index (χ1n) is 6.54. The second-order valence-corrected chi connectivity index (χ2v) is 5.24. The average Bonchev–Trinajstić information content (AvgIpc) is 2.29. The molecule has 5 nitrogen and oxygen atoms in total. The molecule has 0 aliphatic carbocycles. The molecule has 1 aromatic carbocycles. The third-order valence-electron chi connectivity index (χ3n) is 2.49. The van der Waals surface area contributed by atoms with Crippen molar-refractivity contribution in [2.75, 3.05) is 6.54 Å². The van der Waals surface area contributed by atoms with Crippen LogP contribution in [0, 0.1) is 16.0 Å². The summed E-state index contributed by atoms with van der Waals surface area (Å²) in [6.45, 7) is 9.54. The fraction of sp³-hybridized carbons (Fsp3) is 0.571. The van der Waals surface area contributed by atoms with Crippen LogP contribution in [0.25, 0.3) is 0 Å². The van der Waals surface area contributed by atoms with E-state index in [1.807, 2.05) is 13.8 Å². The Labute approximate surface area is 114 Å². The topological polar surface area (TPSA) is 64.4 Å². The largest absolute Gasteiger partial charge is 0.491 e. The minimum absolute atomic E-state index is 0.0466. The van der Waals surface area contributed by atoms with Crippen molar-refractivity contribution in [3.8, 4) is 5.75 Å². The van der Waals surface area contributed by atoms with Crippen LogP contribution in [-0.2, 0) is 6.54 Å². The highest BCUT2D eigenvalue weighted by molar-refractivity contribution is 5.43. The first-order chi connectivity index (χ1) is 8.90. The van der Waals surface area contributed by atoms with Crippen LogP contribution in [0.4, 0.5) is 5.69 Å². The highest BCUT2D eigenvalue weighted by Gasteiger charge is 2.12. The van der Waals surface area contributed by atoms with Crippen molar-refractivity contribution in [2.45, 2.75) is 40.3 Å². The van der Waals surface area contributed by atoms with E-state index in [1.54, 1.807) is 12.1 Å². The molecule has 106 valence electrons. The van der Waals surface area contributed by atoms with Crippen LogP contribution in [-0.4, -0.2) is 17.6 Å². The van der Waals surface area contributed by atoms with Crippen molar-refractivity contribution in [3.63, 3.8) is 0 Å². The van der Waals surface area contributed by atoms with Crippen molar-refractivity contribution in [1.29, 1.82) is 0 Å². The molecule has 0 unspecified atom stereocenters. The van der Waals surface area contributed by atoms with Crippen LogP contribution in [0.1, 0.15) is 33.3 Å². The second kappa shape index (κ2) is 7.09. The molecule has 0 amide bonds. The molecule has 0 aliphatic rings. The molecule has 0 fully saturated rings. The van der Waals surface area contributed by atoms with E-state index in [1.165, 1.54) is 6.07 Å². The molecule has 0 saturated carbocycles. The van der Waals surface area contributed by atoms with E-state index in [4.69, 9.17) is 4.74 Å². The predicted molar refractivity (Wildman–Crippen MR) is 75.4 cm³/mol. The zero-order valence-electron chi connectivity index (χ0n) is 12.0. The molecule has 0 heterocycles. The fourth-order valence-electron chi connectivity index (χ4n) is 1.68. The zero-order chi connectivity index (χ0) is 14.4. The summed E-state index contributed by atoms with van der Waals surface area (Å²) < 4.78 is 5.67. The van der Waals surface area contributed by atoms with Gasteiger partial charge in [0, 0.05) is 24.2 Å². The number of hydrogen-bond acceptors (Lipinski definition) is 4. The Kier molecular flexibility index (Phi) is 5.76. The van der Waals surface area contributed by atoms with Crippen LogP contribution in [0.5, 0.6) is 5.75 Å². The predicted octanol–water partition coefficient (Wildman–Crippen LogP) is 3.13. The van der Waals surface area contributed by atoms with Crippen LogP contribution < -0.4 is 10.1 Å². The van der Waals surface area contributed by atoms with Gasteiger partial charge in [-0.05, 0) is 32.4 Å². The van der Waals surface area contributed by atoms with Gasteiger partial charge in [-0.3, -0.25) is 10.1 Å². The molecule has 0 bridgehead atoms. The maximum absolute atomic E-state index is 10.8. The quantitative estimate of drug-likeness (QED) is 0.608. The van der Waals surface area contributed by atoms with E-state index in [0.717, 1.165) is 12.1 Å². The Hall–Kier alpha value is -1.62. The lowest BCUT2D eigenvalue weighted by Crippen LogP contribution is -2.20. The summed E-state index contributed by atoms with van der Waals surface area (Å²) in [6, 6.07) is 4.72. The fourth-order valence-corrected chi connectivity index (χ4v) is 1.68. The van der Waals surface area contributed by atoms with Gasteiger partial charge in [0.25, 0.3) is 5.69 Å². The molecule has 1 N–H and O–H groups in total. The van der Waals surface area contributed by atoms with Crippen molar-refractivity contribution in [3.05, 3.63) is 33.9 Å². The number of nitro benzene ring substituents is 1. The Morgan fingerprint density at radius 3 is 2.53 bits per heavy atom. The third-order valence-corrected chi connectivity index (χ3v) is 2.49. The summed E-state index contributed by atoms with van der Waals surface area (Å²) in [6.07, 6.45) is 0.0466. The Balaban J connectivity index is 2.87. The maximum Gasteiger partial charge on any atom is 0.270 e. The molecule has 0 spiro atoms. The normalized spacial score (nSPS) is 11.1. The number of non-ortho nitro benzene ring substituents is 1. The van der Waals surface area contributed by atoms with Gasteiger partial charge < -0.3 is 10.1 Å². The van der Waals surface area contributed by atoms with Crippen LogP contribution in [0.3, 0.4) is 0 Å². The van der Waals surface area contributed by atoms with Gasteiger partial charge in [-0.25, -0.2) is 0 Å². The average molecular weight is 266 g/mol. The number of hydrogen-bond donors (Lipinski definition) is 1. The first-order valence-corrected chi connectivity index (χ1v) is 6.54. The van der Waals surface area contributed by atoms with Crippen molar-refractivity contribution >= 4 is 5.69 Å². The minimum atomic E-state index is -0.384. The highest BCUT2D eigenvalue weighted by Crippen LogP contribution is 2.25. The van der Waals surface area contributed by atoms with E-state index in [9.17, 15) is 10.1 Å². The molecule has 0 aliphatic heterocycles. The van der Waals surface area contributed by atoms with E-state index in [2.05, 4.69) is 19.2 Å². The van der Waals surface area contributed by atoms with E-state index in [-0.39, 0.29) is 16.7 Å². The monoisotopic (exact) mass is 266 g/mol. The van der Waals surface area contributed by atoms with Crippen LogP contribution in [0.15, 0.2) is 18.2 Å². The lowest BCUT2D eigenvalue weighted by atomic mass is 10.1. The second-order valence-electron chi connectivity index (χ2n) is 5.24.